The van der Waals surface area contributed by atoms with Gasteiger partial charge in [0.1, 0.15) is 33.5 Å². The molecule has 0 N–H and O–H groups in total. The van der Waals surface area contributed by atoms with Crippen molar-refractivity contribution in [3.63, 3.8) is 0 Å². The number of furan rings is 3. The molecule has 0 spiro atoms. The van der Waals surface area contributed by atoms with Crippen molar-refractivity contribution in [3.8, 4) is 44.5 Å². The van der Waals surface area contributed by atoms with E-state index in [1.165, 1.54) is 151 Å². The van der Waals surface area contributed by atoms with Crippen LogP contribution in [0.5, 0.6) is 0 Å². The highest BCUT2D eigenvalue weighted by Crippen LogP contribution is 2.65. The van der Waals surface area contributed by atoms with Gasteiger partial charge in [-0.25, -0.2) is 0 Å². The Bertz CT molecular complexity index is 4810. The summed E-state index contributed by atoms with van der Waals surface area (Å²) in [5.41, 5.74) is 26.7. The van der Waals surface area contributed by atoms with Gasteiger partial charge in [0.2, 0.25) is 0 Å². The molecule has 0 bridgehead atoms. The quantitative estimate of drug-likeness (QED) is 0.0905. The van der Waals surface area contributed by atoms with Gasteiger partial charge in [0.25, 0.3) is 0 Å². The van der Waals surface area contributed by atoms with Gasteiger partial charge in [-0.3, -0.25) is 0 Å². The molecular weight excluding hydrogens is 1030 g/mol. The third-order valence-electron chi connectivity index (χ3n) is 20.5. The summed E-state index contributed by atoms with van der Waals surface area (Å²) in [6.45, 7) is 14.5. The number of para-hydroxylation sites is 3. The van der Waals surface area contributed by atoms with Crippen LogP contribution in [-0.4, -0.2) is 0 Å². The number of fused-ring (bicyclic) bond motifs is 22. The average Bonchev–Trinajstić information content (AvgIpc) is 1.54. The number of anilines is 3. The van der Waals surface area contributed by atoms with Crippen molar-refractivity contribution in [1.82, 2.24) is 0 Å². The minimum absolute atomic E-state index is 0.250. The maximum atomic E-state index is 7.11. The van der Waals surface area contributed by atoms with Crippen LogP contribution in [0.1, 0.15) is 152 Å². The SMILES string of the molecule is CCCCCCCC1(CCCCCCC)c2cc(N(c3ccc4c(c3)C(C)(C)c3c5c(c6oc7ccccc7c6c3-4)-c3ccccc3C5(C)C)c3cccc4oc5ccccc5c34)ccc2-c2c1cc(-c1ccccc1)c1oc3ccccc3c21. The first-order valence-electron chi connectivity index (χ1n) is 31.8. The molecule has 0 unspecified atom stereocenters. The smallest absolute Gasteiger partial charge is 0.144 e. The second-order valence-corrected chi connectivity index (χ2v) is 26.1. The number of hydrogen-bond acceptors (Lipinski definition) is 4. The number of hydrogen-bond donors (Lipinski definition) is 0. The lowest BCUT2D eigenvalue weighted by atomic mass is 9.70. The van der Waals surface area contributed by atoms with E-state index >= 15 is 0 Å². The first-order chi connectivity index (χ1) is 41.6. The van der Waals surface area contributed by atoms with Gasteiger partial charge in [-0.2, -0.15) is 0 Å². The lowest BCUT2D eigenvalue weighted by Crippen LogP contribution is -2.26. The standard InChI is InChI=1S/C81H73NO3/c1-7-9-11-13-26-45-81(46-27-14-12-10-8-2)62-48-52(42-44-55(62)69-63(81)49-59(50-29-16-15-17-30-50)77-72(69)57-33-20-24-38-66(57)84-77)82(64-36-28-40-68-70(64)56-32-19-23-37-65(56)83-68)51-41-43-54-61(47-51)80(5,6)75-71(54)73-58-34-21-25-39-67(58)85-78(73)74-53-31-18-22-35-60(53)79(3,4)76(74)75/h15-25,28-44,47-49H,7-14,26-27,45-46H2,1-6H3. The molecule has 3 aliphatic rings. The van der Waals surface area contributed by atoms with Crippen molar-refractivity contribution in [2.75, 3.05) is 4.90 Å². The Kier molecular flexibility index (Phi) is 12.1. The molecule has 4 nitrogen and oxygen atoms in total. The molecular formula is C81H73NO3. The third kappa shape index (κ3) is 7.59. The minimum Gasteiger partial charge on any atom is -0.456 e. The van der Waals surface area contributed by atoms with Gasteiger partial charge in [0.05, 0.1) is 11.1 Å². The second-order valence-electron chi connectivity index (χ2n) is 26.1. The molecule has 3 heterocycles. The van der Waals surface area contributed by atoms with Crippen LogP contribution in [0.15, 0.2) is 201 Å². The fourth-order valence-electron chi connectivity index (χ4n) is 16.6. The molecule has 13 aromatic rings. The van der Waals surface area contributed by atoms with Gasteiger partial charge in [-0.1, -0.05) is 233 Å². The topological polar surface area (TPSA) is 42.7 Å². The van der Waals surface area contributed by atoms with Crippen molar-refractivity contribution in [2.45, 2.75) is 135 Å². The summed E-state index contributed by atoms with van der Waals surface area (Å²) in [7, 11) is 0. The van der Waals surface area contributed by atoms with Gasteiger partial charge < -0.3 is 18.2 Å². The fraction of sp³-hybridized carbons (Fsp3) is 0.259. The molecule has 4 heteroatoms. The highest BCUT2D eigenvalue weighted by molar-refractivity contribution is 6.22. The van der Waals surface area contributed by atoms with Crippen molar-refractivity contribution in [1.29, 1.82) is 0 Å². The highest BCUT2D eigenvalue weighted by atomic mass is 16.3. The summed E-state index contributed by atoms with van der Waals surface area (Å²) in [5, 5.41) is 7.04. The predicted octanol–water partition coefficient (Wildman–Crippen LogP) is 24.1. The van der Waals surface area contributed by atoms with Crippen LogP contribution in [0.25, 0.3) is 110 Å². The number of unbranched alkanes of at least 4 members (excludes halogenated alkanes) is 8. The van der Waals surface area contributed by atoms with E-state index in [0.717, 1.165) is 87.0 Å². The van der Waals surface area contributed by atoms with E-state index in [2.05, 4.69) is 234 Å². The van der Waals surface area contributed by atoms with E-state index in [4.69, 9.17) is 13.3 Å². The predicted molar refractivity (Wildman–Crippen MR) is 356 cm³/mol. The van der Waals surface area contributed by atoms with Crippen LogP contribution in [-0.2, 0) is 16.2 Å². The zero-order valence-electron chi connectivity index (χ0n) is 50.1. The van der Waals surface area contributed by atoms with Crippen LogP contribution < -0.4 is 4.90 Å². The molecule has 0 fully saturated rings. The van der Waals surface area contributed by atoms with E-state index in [1.807, 2.05) is 0 Å². The van der Waals surface area contributed by atoms with E-state index in [1.54, 1.807) is 0 Å². The molecule has 0 amide bonds. The number of nitrogens with zero attached hydrogens (tertiary/aromatic N) is 1. The van der Waals surface area contributed by atoms with Crippen molar-refractivity contribution in [3.05, 3.63) is 221 Å². The monoisotopic (exact) mass is 1110 g/mol. The summed E-state index contributed by atoms with van der Waals surface area (Å²) in [6.07, 6.45) is 14.4. The van der Waals surface area contributed by atoms with E-state index < -0.39 is 0 Å². The summed E-state index contributed by atoms with van der Waals surface area (Å²) in [6, 6.07) is 70.4. The summed E-state index contributed by atoms with van der Waals surface area (Å²) in [4.78, 5) is 2.59. The molecule has 0 saturated heterocycles. The number of benzene rings is 10. The minimum atomic E-state index is -0.379. The van der Waals surface area contributed by atoms with Crippen LogP contribution in [0, 0.1) is 0 Å². The highest BCUT2D eigenvalue weighted by Gasteiger charge is 2.49. The Morgan fingerprint density at radius 2 is 0.859 bits per heavy atom. The Balaban J connectivity index is 0.962. The Morgan fingerprint density at radius 1 is 0.353 bits per heavy atom. The van der Waals surface area contributed by atoms with Gasteiger partial charge in [0, 0.05) is 65.7 Å². The Labute approximate surface area is 499 Å². The fourth-order valence-corrected chi connectivity index (χ4v) is 16.6. The first kappa shape index (κ1) is 52.0. The molecule has 3 aromatic heterocycles. The normalized spacial score (nSPS) is 14.8. The maximum absolute atomic E-state index is 7.11. The molecule has 0 saturated carbocycles. The van der Waals surface area contributed by atoms with Crippen LogP contribution in [0.2, 0.25) is 0 Å². The van der Waals surface area contributed by atoms with Gasteiger partial charge in [-0.15, -0.1) is 0 Å². The van der Waals surface area contributed by atoms with E-state index in [0.29, 0.717) is 0 Å². The third-order valence-corrected chi connectivity index (χ3v) is 20.5. The van der Waals surface area contributed by atoms with Crippen LogP contribution in [0.4, 0.5) is 17.1 Å². The Hall–Kier alpha value is -8.60. The molecule has 0 radical (unpaired) electrons. The maximum Gasteiger partial charge on any atom is 0.144 e. The summed E-state index contributed by atoms with van der Waals surface area (Å²) >= 11 is 0. The molecule has 85 heavy (non-hydrogen) atoms. The molecule has 420 valence electrons. The Morgan fingerprint density at radius 3 is 1.53 bits per heavy atom. The van der Waals surface area contributed by atoms with Crippen LogP contribution >= 0.6 is 0 Å². The van der Waals surface area contributed by atoms with Crippen molar-refractivity contribution < 1.29 is 13.3 Å². The summed E-state index contributed by atoms with van der Waals surface area (Å²) in [5.74, 6) is 0. The van der Waals surface area contributed by atoms with E-state index in [-0.39, 0.29) is 16.2 Å². The lowest BCUT2D eigenvalue weighted by Gasteiger charge is -2.35. The van der Waals surface area contributed by atoms with E-state index in [9.17, 15) is 0 Å². The molecule has 0 atom stereocenters. The van der Waals surface area contributed by atoms with Crippen molar-refractivity contribution in [2.24, 2.45) is 0 Å². The largest absolute Gasteiger partial charge is 0.456 e. The van der Waals surface area contributed by atoms with Crippen LogP contribution in [0.3, 0.4) is 0 Å². The molecule has 3 aliphatic carbocycles. The average molecular weight is 1110 g/mol. The number of rotatable bonds is 16. The second kappa shape index (κ2) is 19.7. The van der Waals surface area contributed by atoms with Gasteiger partial charge in [-0.05, 0) is 140 Å². The molecule has 0 aliphatic heterocycles. The zero-order valence-corrected chi connectivity index (χ0v) is 50.1. The molecule has 16 rings (SSSR count). The molecule has 10 aromatic carbocycles. The zero-order chi connectivity index (χ0) is 57.3. The first-order valence-corrected chi connectivity index (χ1v) is 31.8. The summed E-state index contributed by atoms with van der Waals surface area (Å²) < 4.78 is 21.0. The lowest BCUT2D eigenvalue weighted by molar-refractivity contribution is 0.399. The van der Waals surface area contributed by atoms with Crippen molar-refractivity contribution >= 4 is 82.9 Å². The van der Waals surface area contributed by atoms with Gasteiger partial charge >= 0.3 is 0 Å². The van der Waals surface area contributed by atoms with Gasteiger partial charge in [0.15, 0.2) is 0 Å².